The van der Waals surface area contributed by atoms with Gasteiger partial charge in [0.1, 0.15) is 5.82 Å². The highest BCUT2D eigenvalue weighted by Gasteiger charge is 2.22. The monoisotopic (exact) mass is 452 g/mol. The largest absolute Gasteiger partial charge is 0.420 e. The molecule has 0 aliphatic carbocycles. The fraction of sp³-hybridized carbons (Fsp3) is 0.273. The molecule has 32 heavy (non-hydrogen) atoms. The van der Waals surface area contributed by atoms with E-state index in [1.165, 1.54) is 23.9 Å². The van der Waals surface area contributed by atoms with E-state index >= 15 is 0 Å². The number of hydrogen-bond donors (Lipinski definition) is 0. The summed E-state index contributed by atoms with van der Waals surface area (Å²) in [6, 6.07) is 14.3. The molecule has 1 aliphatic heterocycles. The minimum Gasteiger partial charge on any atom is -0.420 e. The minimum absolute atomic E-state index is 0.320. The number of aromatic nitrogens is 5. The Labute approximate surface area is 188 Å². The lowest BCUT2D eigenvalue weighted by Crippen LogP contribution is -2.37. The van der Waals surface area contributed by atoms with E-state index in [0.717, 1.165) is 11.1 Å². The van der Waals surface area contributed by atoms with Gasteiger partial charge in [0.15, 0.2) is 5.16 Å². The maximum Gasteiger partial charge on any atom is 0.247 e. The lowest BCUT2D eigenvalue weighted by Gasteiger charge is -2.27. The summed E-state index contributed by atoms with van der Waals surface area (Å²) in [7, 11) is 0. The van der Waals surface area contributed by atoms with Crippen molar-refractivity contribution >= 4 is 17.7 Å². The van der Waals surface area contributed by atoms with E-state index in [1.54, 1.807) is 6.07 Å². The van der Waals surface area contributed by atoms with Crippen LogP contribution in [-0.2, 0) is 10.5 Å². The zero-order chi connectivity index (χ0) is 21.9. The van der Waals surface area contributed by atoms with Crippen molar-refractivity contribution in [1.29, 1.82) is 0 Å². The lowest BCUT2D eigenvalue weighted by atomic mass is 10.1. The molecule has 2 aromatic carbocycles. The Morgan fingerprint density at radius 2 is 1.81 bits per heavy atom. The van der Waals surface area contributed by atoms with E-state index < -0.39 is 0 Å². The Kier molecular flexibility index (Phi) is 5.87. The number of thioether (sulfide) groups is 1. The molecule has 0 bridgehead atoms. The molecule has 1 saturated heterocycles. The van der Waals surface area contributed by atoms with Gasteiger partial charge in [0.05, 0.1) is 24.7 Å². The number of benzene rings is 2. The summed E-state index contributed by atoms with van der Waals surface area (Å²) in [5, 5.41) is 17.7. The molecule has 1 aliphatic rings. The molecular formula is C22H21FN6O2S. The normalized spacial score (nSPS) is 14.1. The Hall–Kier alpha value is -3.24. The maximum atomic E-state index is 14.0. The SMILES string of the molecule is Cc1ccc(-c2nnc(CSc3nnc(N4CCOCC4)n3-c3cccc(F)c3)o2)cc1. The zero-order valence-corrected chi connectivity index (χ0v) is 18.3. The number of anilines is 1. The summed E-state index contributed by atoms with van der Waals surface area (Å²) < 4.78 is 27.1. The molecule has 0 unspecified atom stereocenters. The van der Waals surface area contributed by atoms with Crippen molar-refractivity contribution in [3.05, 3.63) is 65.8 Å². The van der Waals surface area contributed by atoms with E-state index in [4.69, 9.17) is 9.15 Å². The van der Waals surface area contributed by atoms with E-state index in [0.29, 0.717) is 60.6 Å². The predicted molar refractivity (Wildman–Crippen MR) is 118 cm³/mol. The highest BCUT2D eigenvalue weighted by atomic mass is 32.2. The highest BCUT2D eigenvalue weighted by molar-refractivity contribution is 7.98. The van der Waals surface area contributed by atoms with Gasteiger partial charge >= 0.3 is 0 Å². The van der Waals surface area contributed by atoms with Gasteiger partial charge in [0, 0.05) is 18.7 Å². The van der Waals surface area contributed by atoms with Gasteiger partial charge in [-0.15, -0.1) is 20.4 Å². The van der Waals surface area contributed by atoms with Crippen LogP contribution in [0.15, 0.2) is 58.1 Å². The Morgan fingerprint density at radius 3 is 2.59 bits per heavy atom. The lowest BCUT2D eigenvalue weighted by molar-refractivity contribution is 0.122. The number of halogens is 1. The summed E-state index contributed by atoms with van der Waals surface area (Å²) in [5.74, 6) is 1.70. The van der Waals surface area contributed by atoms with Crippen LogP contribution >= 0.6 is 11.8 Å². The molecule has 0 radical (unpaired) electrons. The number of aryl methyl sites for hydroxylation is 1. The second-order valence-electron chi connectivity index (χ2n) is 7.35. The molecule has 0 spiro atoms. The molecule has 1 fully saturated rings. The molecule has 0 amide bonds. The Morgan fingerprint density at radius 1 is 1.00 bits per heavy atom. The van der Waals surface area contributed by atoms with E-state index in [1.807, 2.05) is 41.8 Å². The van der Waals surface area contributed by atoms with Gasteiger partial charge in [0.2, 0.25) is 17.7 Å². The van der Waals surface area contributed by atoms with Crippen molar-refractivity contribution in [2.24, 2.45) is 0 Å². The van der Waals surface area contributed by atoms with Crippen molar-refractivity contribution in [3.8, 4) is 17.1 Å². The Balaban J connectivity index is 1.40. The van der Waals surface area contributed by atoms with E-state index in [-0.39, 0.29) is 5.82 Å². The predicted octanol–water partition coefficient (Wildman–Crippen LogP) is 3.89. The topological polar surface area (TPSA) is 82.1 Å². The summed E-state index contributed by atoms with van der Waals surface area (Å²) >= 11 is 1.41. The van der Waals surface area contributed by atoms with Crippen LogP contribution in [-0.4, -0.2) is 51.3 Å². The third-order valence-corrected chi connectivity index (χ3v) is 5.98. The number of rotatable bonds is 6. The number of hydrogen-bond acceptors (Lipinski definition) is 8. The van der Waals surface area contributed by atoms with Crippen LogP contribution in [0.4, 0.5) is 10.3 Å². The third kappa shape index (κ3) is 4.37. The summed E-state index contributed by atoms with van der Waals surface area (Å²) in [6.45, 7) is 4.65. The van der Waals surface area contributed by atoms with Crippen LogP contribution < -0.4 is 4.90 Å². The average molecular weight is 453 g/mol. The summed E-state index contributed by atoms with van der Waals surface area (Å²) in [4.78, 5) is 2.09. The quantitative estimate of drug-likeness (QED) is 0.408. The molecule has 2 aromatic heterocycles. The highest BCUT2D eigenvalue weighted by Crippen LogP contribution is 2.30. The maximum absolute atomic E-state index is 14.0. The molecule has 10 heteroatoms. The van der Waals surface area contributed by atoms with Gasteiger partial charge in [-0.05, 0) is 37.3 Å². The van der Waals surface area contributed by atoms with Crippen LogP contribution in [0, 0.1) is 12.7 Å². The first kappa shape index (κ1) is 20.7. The first-order valence-corrected chi connectivity index (χ1v) is 11.2. The van der Waals surface area contributed by atoms with Crippen LogP contribution in [0.5, 0.6) is 0 Å². The molecule has 0 saturated carbocycles. The van der Waals surface area contributed by atoms with Crippen LogP contribution in [0.2, 0.25) is 0 Å². The number of nitrogens with zero attached hydrogens (tertiary/aromatic N) is 6. The van der Waals surface area contributed by atoms with Gasteiger partial charge in [-0.2, -0.15) is 0 Å². The van der Waals surface area contributed by atoms with Gasteiger partial charge < -0.3 is 14.1 Å². The van der Waals surface area contributed by atoms with E-state index in [9.17, 15) is 4.39 Å². The molecule has 3 heterocycles. The average Bonchev–Trinajstić information content (AvgIpc) is 3.46. The van der Waals surface area contributed by atoms with Crippen molar-refractivity contribution in [1.82, 2.24) is 25.0 Å². The second kappa shape index (κ2) is 9.09. The van der Waals surface area contributed by atoms with Gasteiger partial charge in [-0.3, -0.25) is 4.57 Å². The Bertz CT molecular complexity index is 1200. The van der Waals surface area contributed by atoms with Crippen molar-refractivity contribution < 1.29 is 13.5 Å². The first-order valence-electron chi connectivity index (χ1n) is 10.2. The molecule has 8 nitrogen and oxygen atoms in total. The van der Waals surface area contributed by atoms with E-state index in [2.05, 4.69) is 25.3 Å². The van der Waals surface area contributed by atoms with Crippen molar-refractivity contribution in [2.45, 2.75) is 17.8 Å². The van der Waals surface area contributed by atoms with Crippen molar-refractivity contribution in [3.63, 3.8) is 0 Å². The fourth-order valence-electron chi connectivity index (χ4n) is 3.42. The first-order chi connectivity index (χ1) is 15.7. The smallest absolute Gasteiger partial charge is 0.247 e. The molecule has 164 valence electrons. The number of ether oxygens (including phenoxy) is 1. The minimum atomic E-state index is -0.320. The van der Waals surface area contributed by atoms with Crippen LogP contribution in [0.3, 0.4) is 0 Å². The molecule has 4 aromatic rings. The second-order valence-corrected chi connectivity index (χ2v) is 8.30. The summed E-state index contributed by atoms with van der Waals surface area (Å²) in [5.41, 5.74) is 2.69. The molecule has 0 atom stereocenters. The molecule has 0 N–H and O–H groups in total. The fourth-order valence-corrected chi connectivity index (χ4v) is 4.20. The van der Waals surface area contributed by atoms with Crippen LogP contribution in [0.25, 0.3) is 17.1 Å². The van der Waals surface area contributed by atoms with Gasteiger partial charge in [0.25, 0.3) is 0 Å². The zero-order valence-electron chi connectivity index (χ0n) is 17.4. The standard InChI is InChI=1S/C22H21FN6O2S/c1-15-5-7-16(8-6-15)20-25-24-19(31-20)14-32-22-27-26-21(28-9-11-30-12-10-28)29(22)18-4-2-3-17(23)13-18/h2-8,13H,9-12,14H2,1H3. The molecule has 5 rings (SSSR count). The molecular weight excluding hydrogens is 431 g/mol. The van der Waals surface area contributed by atoms with Crippen molar-refractivity contribution in [2.75, 3.05) is 31.2 Å². The van der Waals surface area contributed by atoms with Gasteiger partial charge in [-0.1, -0.05) is 35.5 Å². The van der Waals surface area contributed by atoms with Crippen LogP contribution in [0.1, 0.15) is 11.5 Å². The van der Waals surface area contributed by atoms with Gasteiger partial charge in [-0.25, -0.2) is 4.39 Å². The summed E-state index contributed by atoms with van der Waals surface area (Å²) in [6.07, 6.45) is 0. The third-order valence-electron chi connectivity index (χ3n) is 5.07. The number of morpholine rings is 1.